The van der Waals surface area contributed by atoms with Crippen LogP contribution in [0, 0.1) is 11.3 Å². The summed E-state index contributed by atoms with van der Waals surface area (Å²) >= 11 is 5.93. The van der Waals surface area contributed by atoms with Crippen molar-refractivity contribution in [3.05, 3.63) is 29.0 Å². The molecule has 0 unspecified atom stereocenters. The molecular weight excluding hydrogens is 222 g/mol. The van der Waals surface area contributed by atoms with E-state index in [-0.39, 0.29) is 0 Å². The monoisotopic (exact) mass is 235 g/mol. The number of likely N-dealkylation sites (tertiary alicyclic amines) is 1. The molecule has 1 saturated heterocycles. The normalized spacial score (nSPS) is 20.3. The lowest BCUT2D eigenvalue weighted by Gasteiger charge is -2.35. The van der Waals surface area contributed by atoms with Crippen molar-refractivity contribution in [2.75, 3.05) is 20.1 Å². The Kier molecular flexibility index (Phi) is 3.13. The molecule has 0 aromatic carbocycles. The van der Waals surface area contributed by atoms with Crippen LogP contribution >= 0.6 is 11.6 Å². The molecule has 1 aromatic heterocycles. The lowest BCUT2D eigenvalue weighted by atomic mass is 9.75. The predicted octanol–water partition coefficient (Wildman–Crippen LogP) is 2.22. The smallest absolute Gasteiger partial charge is 0.0862 e. The van der Waals surface area contributed by atoms with E-state index < -0.39 is 5.41 Å². The first kappa shape index (κ1) is 11.4. The largest absolute Gasteiger partial charge is 0.306 e. The number of hydrogen-bond donors (Lipinski definition) is 0. The zero-order valence-electron chi connectivity index (χ0n) is 9.28. The molecule has 1 fully saturated rings. The summed E-state index contributed by atoms with van der Waals surface area (Å²) in [4.78, 5) is 6.32. The minimum Gasteiger partial charge on any atom is -0.306 e. The number of nitriles is 1. The summed E-state index contributed by atoms with van der Waals surface area (Å²) in [6, 6.07) is 4.32. The second-order valence-electron chi connectivity index (χ2n) is 4.39. The lowest BCUT2D eigenvalue weighted by molar-refractivity contribution is 0.222. The Morgan fingerprint density at radius 2 is 2.12 bits per heavy atom. The van der Waals surface area contributed by atoms with Crippen LogP contribution in [-0.2, 0) is 5.41 Å². The highest BCUT2D eigenvalue weighted by Crippen LogP contribution is 2.34. The van der Waals surface area contributed by atoms with E-state index in [1.807, 2.05) is 6.07 Å². The summed E-state index contributed by atoms with van der Waals surface area (Å²) in [5, 5.41) is 10.0. The van der Waals surface area contributed by atoms with Gasteiger partial charge in [0.05, 0.1) is 16.5 Å². The average molecular weight is 236 g/mol. The Morgan fingerprint density at radius 3 is 2.69 bits per heavy atom. The van der Waals surface area contributed by atoms with Gasteiger partial charge in [-0.3, -0.25) is 4.98 Å². The summed E-state index contributed by atoms with van der Waals surface area (Å²) in [6.45, 7) is 1.89. The molecule has 0 bridgehead atoms. The topological polar surface area (TPSA) is 39.9 Å². The molecule has 3 nitrogen and oxygen atoms in total. The molecule has 1 aliphatic rings. The maximum Gasteiger partial charge on any atom is 0.0862 e. The Balaban J connectivity index is 2.32. The van der Waals surface area contributed by atoms with Crippen molar-refractivity contribution in [2.45, 2.75) is 18.3 Å². The van der Waals surface area contributed by atoms with Gasteiger partial charge in [-0.1, -0.05) is 11.6 Å². The zero-order chi connectivity index (χ0) is 11.6. The number of rotatable bonds is 1. The summed E-state index contributed by atoms with van der Waals surface area (Å²) in [5.41, 5.74) is 0.556. The molecule has 0 amide bonds. The van der Waals surface area contributed by atoms with Gasteiger partial charge in [-0.15, -0.1) is 0 Å². The molecule has 0 aliphatic carbocycles. The standard InChI is InChI=1S/C12H14ClN3/c1-16-4-2-12(9-14,3-5-16)10-6-11(13)8-15-7-10/h6-8H,2-5H2,1H3. The van der Waals surface area contributed by atoms with E-state index in [4.69, 9.17) is 11.6 Å². The van der Waals surface area contributed by atoms with Crippen LogP contribution in [0.2, 0.25) is 5.02 Å². The third-order valence-electron chi connectivity index (χ3n) is 3.31. The van der Waals surface area contributed by atoms with Gasteiger partial charge < -0.3 is 4.90 Å². The van der Waals surface area contributed by atoms with Gasteiger partial charge >= 0.3 is 0 Å². The number of hydrogen-bond acceptors (Lipinski definition) is 3. The van der Waals surface area contributed by atoms with E-state index in [0.29, 0.717) is 5.02 Å². The quantitative estimate of drug-likeness (QED) is 0.750. The second kappa shape index (κ2) is 4.40. The fourth-order valence-corrected chi connectivity index (χ4v) is 2.31. The third kappa shape index (κ3) is 2.04. The van der Waals surface area contributed by atoms with Gasteiger partial charge in [-0.2, -0.15) is 5.26 Å². The van der Waals surface area contributed by atoms with Crippen molar-refractivity contribution in [2.24, 2.45) is 0 Å². The maximum absolute atomic E-state index is 9.43. The summed E-state index contributed by atoms with van der Waals surface area (Å²) in [7, 11) is 2.08. The molecule has 84 valence electrons. The number of halogens is 1. The van der Waals surface area contributed by atoms with E-state index in [0.717, 1.165) is 31.5 Å². The molecule has 1 aliphatic heterocycles. The van der Waals surface area contributed by atoms with Crippen LogP contribution in [0.3, 0.4) is 0 Å². The highest BCUT2D eigenvalue weighted by Gasteiger charge is 2.35. The van der Waals surface area contributed by atoms with Crippen molar-refractivity contribution in [3.63, 3.8) is 0 Å². The van der Waals surface area contributed by atoms with Gasteiger partial charge in [0.1, 0.15) is 0 Å². The molecule has 0 saturated carbocycles. The Bertz CT molecular complexity index is 417. The highest BCUT2D eigenvalue weighted by molar-refractivity contribution is 6.30. The van der Waals surface area contributed by atoms with Crippen LogP contribution in [0.25, 0.3) is 0 Å². The number of aromatic nitrogens is 1. The molecule has 0 spiro atoms. The van der Waals surface area contributed by atoms with E-state index in [2.05, 4.69) is 23.0 Å². The molecule has 16 heavy (non-hydrogen) atoms. The fourth-order valence-electron chi connectivity index (χ4n) is 2.14. The molecular formula is C12H14ClN3. The van der Waals surface area contributed by atoms with E-state index in [9.17, 15) is 5.26 Å². The van der Waals surface area contributed by atoms with Crippen LogP contribution in [0.1, 0.15) is 18.4 Å². The molecule has 4 heteroatoms. The van der Waals surface area contributed by atoms with Crippen molar-refractivity contribution >= 4 is 11.6 Å². The van der Waals surface area contributed by atoms with Crippen molar-refractivity contribution < 1.29 is 0 Å². The maximum atomic E-state index is 9.43. The van der Waals surface area contributed by atoms with Gasteiger partial charge in [0.2, 0.25) is 0 Å². The minimum atomic E-state index is -0.398. The molecule has 0 N–H and O–H groups in total. The van der Waals surface area contributed by atoms with Gasteiger partial charge in [0.25, 0.3) is 0 Å². The first-order valence-electron chi connectivity index (χ1n) is 5.37. The first-order valence-corrected chi connectivity index (χ1v) is 5.75. The Hall–Kier alpha value is -1.11. The minimum absolute atomic E-state index is 0.398. The van der Waals surface area contributed by atoms with Crippen molar-refractivity contribution in [1.82, 2.24) is 9.88 Å². The molecule has 0 atom stereocenters. The van der Waals surface area contributed by atoms with E-state index in [1.54, 1.807) is 12.4 Å². The molecule has 2 heterocycles. The van der Waals surface area contributed by atoms with Crippen LogP contribution in [-0.4, -0.2) is 30.0 Å². The molecule has 1 aromatic rings. The Labute approximate surface area is 101 Å². The van der Waals surface area contributed by atoms with Gasteiger partial charge in [-0.05, 0) is 44.6 Å². The van der Waals surface area contributed by atoms with Gasteiger partial charge in [0, 0.05) is 12.4 Å². The van der Waals surface area contributed by atoms with Crippen LogP contribution < -0.4 is 0 Å². The summed E-state index contributed by atoms with van der Waals surface area (Å²) in [5.74, 6) is 0. The van der Waals surface area contributed by atoms with Crippen LogP contribution in [0.4, 0.5) is 0 Å². The summed E-state index contributed by atoms with van der Waals surface area (Å²) < 4.78 is 0. The zero-order valence-corrected chi connectivity index (χ0v) is 10.0. The highest BCUT2D eigenvalue weighted by atomic mass is 35.5. The lowest BCUT2D eigenvalue weighted by Crippen LogP contribution is -2.40. The SMILES string of the molecule is CN1CCC(C#N)(c2cncc(Cl)c2)CC1. The van der Waals surface area contributed by atoms with Crippen molar-refractivity contribution in [3.8, 4) is 6.07 Å². The van der Waals surface area contributed by atoms with E-state index >= 15 is 0 Å². The van der Waals surface area contributed by atoms with Crippen LogP contribution in [0.15, 0.2) is 18.5 Å². The molecule has 0 radical (unpaired) electrons. The van der Waals surface area contributed by atoms with E-state index in [1.165, 1.54) is 0 Å². The van der Waals surface area contributed by atoms with Gasteiger partial charge in [0.15, 0.2) is 0 Å². The first-order chi connectivity index (χ1) is 7.66. The Morgan fingerprint density at radius 1 is 1.44 bits per heavy atom. The fraction of sp³-hybridized carbons (Fsp3) is 0.500. The van der Waals surface area contributed by atoms with Crippen molar-refractivity contribution in [1.29, 1.82) is 5.26 Å². The van der Waals surface area contributed by atoms with Crippen LogP contribution in [0.5, 0.6) is 0 Å². The average Bonchev–Trinajstić information content (AvgIpc) is 2.31. The molecule has 2 rings (SSSR count). The third-order valence-corrected chi connectivity index (χ3v) is 3.52. The summed E-state index contributed by atoms with van der Waals surface area (Å²) in [6.07, 6.45) is 5.07. The number of nitrogens with zero attached hydrogens (tertiary/aromatic N) is 3. The second-order valence-corrected chi connectivity index (χ2v) is 4.83. The number of piperidine rings is 1. The number of pyridine rings is 1. The van der Waals surface area contributed by atoms with Gasteiger partial charge in [-0.25, -0.2) is 0 Å². The predicted molar refractivity (Wildman–Crippen MR) is 63.3 cm³/mol.